The molecule has 0 fully saturated rings. The molecule has 2 aromatic rings. The highest BCUT2D eigenvalue weighted by molar-refractivity contribution is 6.31. The molecule has 0 aliphatic carbocycles. The third kappa shape index (κ3) is 4.05. The quantitative estimate of drug-likeness (QED) is 0.941. The van der Waals surface area contributed by atoms with Crippen molar-refractivity contribution < 1.29 is 0 Å². The van der Waals surface area contributed by atoms with Crippen LogP contribution in [0.25, 0.3) is 0 Å². The van der Waals surface area contributed by atoms with Crippen LogP contribution in [0.1, 0.15) is 37.7 Å². The summed E-state index contributed by atoms with van der Waals surface area (Å²) in [5.41, 5.74) is 3.24. The largest absolute Gasteiger partial charge is 0.308 e. The van der Waals surface area contributed by atoms with E-state index in [9.17, 15) is 0 Å². The Kier molecular flexibility index (Phi) is 4.45. The van der Waals surface area contributed by atoms with Gasteiger partial charge in [0.15, 0.2) is 0 Å². The summed E-state index contributed by atoms with van der Waals surface area (Å²) in [4.78, 5) is 4.48. The van der Waals surface area contributed by atoms with E-state index in [-0.39, 0.29) is 5.54 Å². The van der Waals surface area contributed by atoms with E-state index in [0.29, 0.717) is 11.6 Å². The minimum Gasteiger partial charge on any atom is -0.308 e. The first-order chi connectivity index (χ1) is 9.35. The summed E-state index contributed by atoms with van der Waals surface area (Å²) in [6.07, 6.45) is 3.58. The molecule has 2 aromatic heterocycles. The molecule has 108 valence electrons. The maximum absolute atomic E-state index is 5.99. The Bertz CT molecular complexity index is 567. The van der Waals surface area contributed by atoms with Crippen molar-refractivity contribution >= 4 is 11.6 Å². The minimum absolute atomic E-state index is 0.113. The predicted octanol–water partition coefficient (Wildman–Crippen LogP) is 3.18. The summed E-state index contributed by atoms with van der Waals surface area (Å²) >= 11 is 5.99. The number of nitrogens with zero attached hydrogens (tertiary/aromatic N) is 3. The third-order valence-corrected chi connectivity index (χ3v) is 3.43. The van der Waals surface area contributed by atoms with Gasteiger partial charge >= 0.3 is 0 Å². The van der Waals surface area contributed by atoms with Crippen LogP contribution in [0.15, 0.2) is 24.5 Å². The van der Waals surface area contributed by atoms with Crippen LogP contribution in [-0.4, -0.2) is 20.3 Å². The molecule has 1 N–H and O–H groups in total. The molecule has 0 aliphatic rings. The maximum atomic E-state index is 5.99. The molecular weight excluding hydrogens is 272 g/mol. The minimum atomic E-state index is 0.113. The number of halogens is 1. The molecule has 20 heavy (non-hydrogen) atoms. The SMILES string of the molecule is Cc1c(Cl)cnn1Cc1ccc(CNC(C)(C)C)cn1. The summed E-state index contributed by atoms with van der Waals surface area (Å²) in [6, 6.07) is 4.14. The molecule has 2 heterocycles. The molecule has 0 atom stereocenters. The molecule has 4 nitrogen and oxygen atoms in total. The van der Waals surface area contributed by atoms with Crippen molar-refractivity contribution in [1.82, 2.24) is 20.1 Å². The number of hydrogen-bond acceptors (Lipinski definition) is 3. The highest BCUT2D eigenvalue weighted by Crippen LogP contribution is 2.14. The third-order valence-electron chi connectivity index (χ3n) is 3.06. The molecule has 0 aliphatic heterocycles. The number of rotatable bonds is 4. The van der Waals surface area contributed by atoms with Gasteiger partial charge in [0.25, 0.3) is 0 Å². The van der Waals surface area contributed by atoms with Crippen molar-refractivity contribution in [3.05, 3.63) is 46.5 Å². The average molecular weight is 293 g/mol. The summed E-state index contributed by atoms with van der Waals surface area (Å²) in [5, 5.41) is 8.37. The van der Waals surface area contributed by atoms with E-state index >= 15 is 0 Å². The van der Waals surface area contributed by atoms with Crippen molar-refractivity contribution in [3.63, 3.8) is 0 Å². The van der Waals surface area contributed by atoms with Gasteiger partial charge in [0.2, 0.25) is 0 Å². The average Bonchev–Trinajstić information content (AvgIpc) is 2.69. The first kappa shape index (κ1) is 15.0. The van der Waals surface area contributed by atoms with E-state index in [1.807, 2.05) is 23.9 Å². The lowest BCUT2D eigenvalue weighted by Crippen LogP contribution is -2.35. The van der Waals surface area contributed by atoms with Gasteiger partial charge in [0.1, 0.15) is 0 Å². The summed E-state index contributed by atoms with van der Waals surface area (Å²) in [6.45, 7) is 9.88. The van der Waals surface area contributed by atoms with Gasteiger partial charge in [0.05, 0.1) is 29.2 Å². The van der Waals surface area contributed by atoms with Crippen molar-refractivity contribution in [2.75, 3.05) is 0 Å². The van der Waals surface area contributed by atoms with Gasteiger partial charge in [0, 0.05) is 18.3 Å². The lowest BCUT2D eigenvalue weighted by Gasteiger charge is -2.20. The second-order valence-electron chi connectivity index (χ2n) is 6.00. The zero-order chi connectivity index (χ0) is 14.8. The predicted molar refractivity (Wildman–Crippen MR) is 81.9 cm³/mol. The van der Waals surface area contributed by atoms with Crippen LogP contribution >= 0.6 is 11.6 Å². The van der Waals surface area contributed by atoms with Crippen LogP contribution in [-0.2, 0) is 13.1 Å². The van der Waals surface area contributed by atoms with E-state index < -0.39 is 0 Å². The lowest BCUT2D eigenvalue weighted by molar-refractivity contribution is 0.424. The molecule has 0 aromatic carbocycles. The number of nitrogens with one attached hydrogen (secondary N) is 1. The van der Waals surface area contributed by atoms with Gasteiger partial charge in [-0.25, -0.2) is 0 Å². The first-order valence-electron chi connectivity index (χ1n) is 6.72. The number of aromatic nitrogens is 3. The van der Waals surface area contributed by atoms with Crippen LogP contribution in [0.5, 0.6) is 0 Å². The maximum Gasteiger partial charge on any atom is 0.0834 e. The van der Waals surface area contributed by atoms with Gasteiger partial charge in [-0.2, -0.15) is 5.10 Å². The van der Waals surface area contributed by atoms with Crippen molar-refractivity contribution in [1.29, 1.82) is 0 Å². The Morgan fingerprint density at radius 2 is 2.00 bits per heavy atom. The molecule has 0 saturated carbocycles. The molecule has 0 unspecified atom stereocenters. The smallest absolute Gasteiger partial charge is 0.0834 e. The Morgan fingerprint density at radius 3 is 2.50 bits per heavy atom. The van der Waals surface area contributed by atoms with E-state index in [2.05, 4.69) is 42.2 Å². The highest BCUT2D eigenvalue weighted by Gasteiger charge is 2.09. The Labute approximate surface area is 125 Å². The van der Waals surface area contributed by atoms with E-state index in [4.69, 9.17) is 11.6 Å². The van der Waals surface area contributed by atoms with Crippen LogP contribution in [0.4, 0.5) is 0 Å². The molecule has 0 radical (unpaired) electrons. The molecule has 0 spiro atoms. The Morgan fingerprint density at radius 1 is 1.25 bits per heavy atom. The van der Waals surface area contributed by atoms with Gasteiger partial charge < -0.3 is 5.32 Å². The summed E-state index contributed by atoms with van der Waals surface area (Å²) in [7, 11) is 0. The molecule has 5 heteroatoms. The zero-order valence-corrected chi connectivity index (χ0v) is 13.2. The first-order valence-corrected chi connectivity index (χ1v) is 7.10. The number of pyridine rings is 1. The van der Waals surface area contributed by atoms with Crippen LogP contribution < -0.4 is 5.32 Å². The zero-order valence-electron chi connectivity index (χ0n) is 12.4. The molecule has 0 bridgehead atoms. The van der Waals surface area contributed by atoms with Crippen LogP contribution in [0.3, 0.4) is 0 Å². The molecule has 0 saturated heterocycles. The second kappa shape index (κ2) is 5.94. The van der Waals surface area contributed by atoms with Crippen molar-refractivity contribution in [3.8, 4) is 0 Å². The van der Waals surface area contributed by atoms with Gasteiger partial charge in [-0.05, 0) is 39.3 Å². The second-order valence-corrected chi connectivity index (χ2v) is 6.40. The molecular formula is C15H21ClN4. The fourth-order valence-electron chi connectivity index (χ4n) is 1.76. The standard InChI is InChI=1S/C15H21ClN4/c1-11-14(16)9-19-20(11)10-13-6-5-12(7-17-13)8-18-15(2,3)4/h5-7,9,18H,8,10H2,1-4H3. The normalized spacial score (nSPS) is 11.8. The number of hydrogen-bond donors (Lipinski definition) is 1. The lowest BCUT2D eigenvalue weighted by atomic mass is 10.1. The van der Waals surface area contributed by atoms with E-state index in [0.717, 1.165) is 17.9 Å². The van der Waals surface area contributed by atoms with Crippen LogP contribution in [0, 0.1) is 6.92 Å². The Balaban J connectivity index is 2.00. The van der Waals surface area contributed by atoms with E-state index in [1.54, 1.807) is 6.20 Å². The van der Waals surface area contributed by atoms with Gasteiger partial charge in [-0.3, -0.25) is 9.67 Å². The van der Waals surface area contributed by atoms with Crippen LogP contribution in [0.2, 0.25) is 5.02 Å². The van der Waals surface area contributed by atoms with E-state index in [1.165, 1.54) is 5.56 Å². The van der Waals surface area contributed by atoms with Crippen molar-refractivity contribution in [2.24, 2.45) is 0 Å². The Hall–Kier alpha value is -1.39. The van der Waals surface area contributed by atoms with Gasteiger partial charge in [-0.1, -0.05) is 17.7 Å². The highest BCUT2D eigenvalue weighted by atomic mass is 35.5. The van der Waals surface area contributed by atoms with Crippen molar-refractivity contribution in [2.45, 2.75) is 46.3 Å². The molecule has 0 amide bonds. The summed E-state index contributed by atoms with van der Waals surface area (Å²) < 4.78 is 1.86. The monoisotopic (exact) mass is 292 g/mol. The van der Waals surface area contributed by atoms with Gasteiger partial charge in [-0.15, -0.1) is 0 Å². The summed E-state index contributed by atoms with van der Waals surface area (Å²) in [5.74, 6) is 0. The fourth-order valence-corrected chi connectivity index (χ4v) is 1.90. The molecule has 2 rings (SSSR count). The topological polar surface area (TPSA) is 42.7 Å². The fraction of sp³-hybridized carbons (Fsp3) is 0.467.